The van der Waals surface area contributed by atoms with E-state index in [4.69, 9.17) is 4.74 Å². The van der Waals surface area contributed by atoms with E-state index in [1.54, 1.807) is 16.7 Å². The van der Waals surface area contributed by atoms with Crippen molar-refractivity contribution in [3.8, 4) is 0 Å². The molecule has 5 aliphatic rings. The lowest BCUT2D eigenvalue weighted by Gasteiger charge is -2.48. The quantitative estimate of drug-likeness (QED) is 0.659. The summed E-state index contributed by atoms with van der Waals surface area (Å²) in [4.78, 5) is 58.8. The van der Waals surface area contributed by atoms with Crippen LogP contribution in [-0.2, 0) is 24.5 Å². The Hall–Kier alpha value is -1.65. The number of thioether (sulfide) groups is 1. The minimum absolute atomic E-state index is 0.0327. The van der Waals surface area contributed by atoms with E-state index in [1.165, 1.54) is 16.2 Å². The van der Waals surface area contributed by atoms with Gasteiger partial charge >= 0.3 is 4.87 Å². The molecule has 0 spiro atoms. The van der Waals surface area contributed by atoms with Gasteiger partial charge in [0.05, 0.1) is 30.1 Å². The van der Waals surface area contributed by atoms with E-state index >= 15 is 0 Å². The summed E-state index contributed by atoms with van der Waals surface area (Å²) in [7, 11) is 0. The maximum atomic E-state index is 13.5. The van der Waals surface area contributed by atoms with Gasteiger partial charge in [-0.3, -0.25) is 24.1 Å². The number of carbonyl (C=O) groups is 3. The Labute approximate surface area is 194 Å². The van der Waals surface area contributed by atoms with E-state index in [-0.39, 0.29) is 69.4 Å². The summed E-state index contributed by atoms with van der Waals surface area (Å²) in [6, 6.07) is 0. The molecule has 4 fully saturated rings. The van der Waals surface area contributed by atoms with Gasteiger partial charge in [-0.2, -0.15) is 0 Å². The van der Waals surface area contributed by atoms with E-state index in [9.17, 15) is 19.2 Å². The second-order valence-electron chi connectivity index (χ2n) is 9.92. The summed E-state index contributed by atoms with van der Waals surface area (Å²) in [5, 5.41) is 1.17. The fourth-order valence-electron chi connectivity index (χ4n) is 7.16. The van der Waals surface area contributed by atoms with E-state index in [1.807, 2.05) is 0 Å². The van der Waals surface area contributed by atoms with Crippen molar-refractivity contribution in [2.24, 2.45) is 29.6 Å². The van der Waals surface area contributed by atoms with E-state index in [2.05, 4.69) is 18.8 Å². The minimum Gasteiger partial charge on any atom is -0.378 e. The van der Waals surface area contributed by atoms with Gasteiger partial charge in [0.2, 0.25) is 17.7 Å². The summed E-state index contributed by atoms with van der Waals surface area (Å²) in [5.74, 6) is -0.663. The van der Waals surface area contributed by atoms with E-state index in [0.29, 0.717) is 26.3 Å². The van der Waals surface area contributed by atoms with Gasteiger partial charge < -0.3 is 14.6 Å². The Morgan fingerprint density at radius 3 is 2.53 bits per heavy atom. The average Bonchev–Trinajstić information content (AvgIpc) is 3.52. The summed E-state index contributed by atoms with van der Waals surface area (Å²) in [6.45, 7) is 6.21. The number of nitrogens with zero attached hydrogens (tertiary/aromatic N) is 2. The lowest BCUT2D eigenvalue weighted by atomic mass is 9.62. The molecule has 0 radical (unpaired) electrons. The lowest BCUT2D eigenvalue weighted by molar-refractivity contribution is -0.148. The number of imide groups is 1. The van der Waals surface area contributed by atoms with Crippen molar-refractivity contribution >= 4 is 40.8 Å². The Balaban J connectivity index is 1.30. The third kappa shape index (κ3) is 2.66. The van der Waals surface area contributed by atoms with Crippen LogP contribution in [-0.4, -0.2) is 70.6 Å². The highest BCUT2D eigenvalue weighted by Gasteiger charge is 2.71. The zero-order chi connectivity index (χ0) is 22.4. The van der Waals surface area contributed by atoms with Crippen molar-refractivity contribution < 1.29 is 19.1 Å². The standard InChI is InChI=1S/C22H27N3O5S2/c1-3-22(2)15-10-8-11(16(15)31-18-17(22)32-21(29)23-18)14-13(10)19(27)25(20(14)28)9-12(26)24-4-6-30-7-5-24/h10-11,13-16H,3-9H2,1-2H3,(H,23,29)/t10-,11-,13-,14-,15+,16+,22-/m1/s1. The number of hydrogen-bond acceptors (Lipinski definition) is 7. The molecule has 1 aromatic rings. The van der Waals surface area contributed by atoms with Crippen LogP contribution in [0, 0.1) is 29.6 Å². The number of aromatic amines is 1. The highest BCUT2D eigenvalue weighted by molar-refractivity contribution is 8.00. The van der Waals surface area contributed by atoms with Crippen molar-refractivity contribution in [3.63, 3.8) is 0 Å². The first kappa shape index (κ1) is 20.9. The largest absolute Gasteiger partial charge is 0.378 e. The topological polar surface area (TPSA) is 99.8 Å². The molecule has 6 rings (SSSR count). The molecular weight excluding hydrogens is 450 g/mol. The number of nitrogens with one attached hydrogen (secondary N) is 1. The van der Waals surface area contributed by atoms with Crippen LogP contribution in [0.3, 0.4) is 0 Å². The van der Waals surface area contributed by atoms with Gasteiger partial charge in [0.25, 0.3) is 0 Å². The number of morpholine rings is 1. The lowest BCUT2D eigenvalue weighted by Crippen LogP contribution is -2.49. The molecule has 7 atom stereocenters. The fourth-order valence-corrected chi connectivity index (χ4v) is 10.4. The van der Waals surface area contributed by atoms with Crippen LogP contribution in [0.1, 0.15) is 31.6 Å². The maximum Gasteiger partial charge on any atom is 0.305 e. The zero-order valence-corrected chi connectivity index (χ0v) is 19.8. The molecule has 4 heterocycles. The molecule has 172 valence electrons. The molecule has 2 saturated carbocycles. The predicted octanol–water partition coefficient (Wildman–Crippen LogP) is 1.30. The molecule has 2 saturated heterocycles. The second-order valence-corrected chi connectivity index (χ2v) is 12.1. The van der Waals surface area contributed by atoms with Crippen molar-refractivity contribution in [2.75, 3.05) is 32.8 Å². The molecule has 0 unspecified atom stereocenters. The molecule has 0 aromatic carbocycles. The smallest absolute Gasteiger partial charge is 0.305 e. The van der Waals surface area contributed by atoms with Crippen LogP contribution < -0.4 is 4.87 Å². The maximum absolute atomic E-state index is 13.5. The fraction of sp³-hybridized carbons (Fsp3) is 0.727. The number of H-pyrrole nitrogens is 1. The highest BCUT2D eigenvalue weighted by atomic mass is 32.2. The number of ether oxygens (including phenoxy) is 1. The number of amides is 3. The number of hydrogen-bond donors (Lipinski definition) is 1. The van der Waals surface area contributed by atoms with Gasteiger partial charge in [-0.25, -0.2) is 0 Å². The summed E-state index contributed by atoms with van der Waals surface area (Å²) in [5.41, 5.74) is -0.181. The normalized spacial score (nSPS) is 39.9. The Morgan fingerprint density at radius 1 is 1.16 bits per heavy atom. The van der Waals surface area contributed by atoms with Gasteiger partial charge in [-0.05, 0) is 30.6 Å². The van der Waals surface area contributed by atoms with Crippen LogP contribution in [0.2, 0.25) is 0 Å². The highest BCUT2D eigenvalue weighted by Crippen LogP contribution is 2.69. The van der Waals surface area contributed by atoms with Gasteiger partial charge in [-0.1, -0.05) is 25.2 Å². The Kier molecular flexibility index (Phi) is 4.69. The van der Waals surface area contributed by atoms with E-state index in [0.717, 1.165) is 22.7 Å². The summed E-state index contributed by atoms with van der Waals surface area (Å²) >= 11 is 3.00. The van der Waals surface area contributed by atoms with Crippen LogP contribution >= 0.6 is 23.1 Å². The van der Waals surface area contributed by atoms with Crippen LogP contribution in [0.15, 0.2) is 9.82 Å². The molecule has 3 aliphatic heterocycles. The molecule has 32 heavy (non-hydrogen) atoms. The van der Waals surface area contributed by atoms with E-state index < -0.39 is 0 Å². The van der Waals surface area contributed by atoms with Gasteiger partial charge in [0.1, 0.15) is 6.54 Å². The van der Waals surface area contributed by atoms with Gasteiger partial charge in [-0.15, -0.1) is 11.8 Å². The third-order valence-corrected chi connectivity index (χ3v) is 11.5. The van der Waals surface area contributed by atoms with Crippen molar-refractivity contribution in [1.29, 1.82) is 0 Å². The number of fused-ring (bicyclic) bond motifs is 9. The number of likely N-dealkylation sites (tertiary alicyclic amines) is 1. The molecule has 10 heteroatoms. The third-order valence-electron chi connectivity index (χ3n) is 8.71. The molecule has 8 nitrogen and oxygen atoms in total. The molecule has 2 aliphatic carbocycles. The molecule has 1 aromatic heterocycles. The second kappa shape index (κ2) is 7.17. The Bertz CT molecular complexity index is 1060. The minimum atomic E-state index is -0.327. The number of thiazole rings is 1. The number of carbonyl (C=O) groups excluding carboxylic acids is 3. The average molecular weight is 478 g/mol. The molecule has 1 N–H and O–H groups in total. The molecular formula is C22H27N3O5S2. The van der Waals surface area contributed by atoms with Crippen LogP contribution in [0.5, 0.6) is 0 Å². The zero-order valence-electron chi connectivity index (χ0n) is 18.2. The van der Waals surface area contributed by atoms with Gasteiger partial charge in [0.15, 0.2) is 0 Å². The van der Waals surface area contributed by atoms with Crippen molar-refractivity contribution in [2.45, 2.75) is 42.4 Å². The number of rotatable bonds is 3. The van der Waals surface area contributed by atoms with Crippen LogP contribution in [0.4, 0.5) is 0 Å². The SMILES string of the molecule is CC[C@@]1(C)c2sc(=O)[nH]c2S[C@H]2[C@@H]3C[C@H]([C@H]4C(=O)N(CC(=O)N5CCOCC5)C(=O)[C@H]34)[C@@H]21. The first-order chi connectivity index (χ1) is 15.3. The number of aromatic nitrogens is 1. The molecule has 2 bridgehead atoms. The monoisotopic (exact) mass is 477 g/mol. The first-order valence-electron chi connectivity index (χ1n) is 11.5. The summed E-state index contributed by atoms with van der Waals surface area (Å²) < 4.78 is 5.31. The Morgan fingerprint density at radius 2 is 1.84 bits per heavy atom. The van der Waals surface area contributed by atoms with Crippen molar-refractivity contribution in [1.82, 2.24) is 14.8 Å². The molecule has 3 amide bonds. The first-order valence-corrected chi connectivity index (χ1v) is 13.2. The van der Waals surface area contributed by atoms with Crippen molar-refractivity contribution in [3.05, 3.63) is 14.5 Å². The van der Waals surface area contributed by atoms with Gasteiger partial charge in [0, 0.05) is 28.6 Å². The predicted molar refractivity (Wildman–Crippen MR) is 118 cm³/mol. The van der Waals surface area contributed by atoms with Crippen LogP contribution in [0.25, 0.3) is 0 Å². The summed E-state index contributed by atoms with van der Waals surface area (Å²) in [6.07, 6.45) is 1.77.